The van der Waals surface area contributed by atoms with E-state index in [4.69, 9.17) is 8.83 Å². The van der Waals surface area contributed by atoms with Crippen LogP contribution in [0.4, 0.5) is 17.4 Å². The molecule has 9 nitrogen and oxygen atoms in total. The smallest absolute Gasteiger partial charge is 0.295 e. The lowest BCUT2D eigenvalue weighted by Crippen LogP contribution is -2.30. The Morgan fingerprint density at radius 3 is 2.71 bits per heavy atom. The summed E-state index contributed by atoms with van der Waals surface area (Å²) < 4.78 is 11.8. The van der Waals surface area contributed by atoms with Crippen LogP contribution < -0.4 is 20.9 Å². The number of anilines is 3. The van der Waals surface area contributed by atoms with Crippen LogP contribution in [0.15, 0.2) is 51.4 Å². The van der Waals surface area contributed by atoms with E-state index >= 15 is 0 Å². The molecule has 3 N–H and O–H groups in total. The van der Waals surface area contributed by atoms with Crippen molar-refractivity contribution in [3.05, 3.63) is 54.0 Å². The minimum Gasteiger partial charge on any atom is -0.451 e. The van der Waals surface area contributed by atoms with Crippen molar-refractivity contribution in [1.82, 2.24) is 15.3 Å². The van der Waals surface area contributed by atoms with Crippen LogP contribution in [0.5, 0.6) is 0 Å². The number of carbonyl (C=O) groups excluding carboxylic acids is 1. The molecule has 1 aliphatic rings. The fourth-order valence-corrected chi connectivity index (χ4v) is 4.33. The van der Waals surface area contributed by atoms with Gasteiger partial charge in [-0.05, 0) is 63.6 Å². The Hall–Kier alpha value is -3.85. The topological polar surface area (TPSA) is 108 Å². The first-order valence-electron chi connectivity index (χ1n) is 12.0. The second kappa shape index (κ2) is 10.2. The molecule has 0 aliphatic carbocycles. The van der Waals surface area contributed by atoms with E-state index in [1.165, 1.54) is 6.42 Å². The van der Waals surface area contributed by atoms with E-state index in [0.717, 1.165) is 54.9 Å². The van der Waals surface area contributed by atoms with Gasteiger partial charge >= 0.3 is 0 Å². The number of hydrogen-bond donors (Lipinski definition) is 3. The molecule has 1 aliphatic heterocycles. The molecule has 1 amide bonds. The molecule has 1 saturated heterocycles. The van der Waals surface area contributed by atoms with Gasteiger partial charge in [-0.2, -0.15) is 4.98 Å². The summed E-state index contributed by atoms with van der Waals surface area (Å²) in [6.07, 6.45) is 5.18. The van der Waals surface area contributed by atoms with E-state index in [1.54, 1.807) is 18.3 Å². The summed E-state index contributed by atoms with van der Waals surface area (Å²) in [5, 5.41) is 9.32. The minimum absolute atomic E-state index is 0.242. The number of rotatable bonds is 8. The van der Waals surface area contributed by atoms with Gasteiger partial charge in [0.25, 0.3) is 11.9 Å². The molecule has 1 fully saturated rings. The molecule has 5 rings (SSSR count). The normalized spacial score (nSPS) is 13.8. The summed E-state index contributed by atoms with van der Waals surface area (Å²) in [4.78, 5) is 24.3. The monoisotopic (exact) mass is 474 g/mol. The molecule has 3 aromatic heterocycles. The predicted molar refractivity (Wildman–Crippen MR) is 137 cm³/mol. The van der Waals surface area contributed by atoms with Gasteiger partial charge in [-0.25, -0.2) is 0 Å². The average Bonchev–Trinajstić information content (AvgIpc) is 3.51. The zero-order valence-electron chi connectivity index (χ0n) is 20.1. The van der Waals surface area contributed by atoms with Crippen molar-refractivity contribution in [3.63, 3.8) is 0 Å². The number of amides is 1. The highest BCUT2D eigenvalue weighted by atomic mass is 16.4. The molecule has 0 radical (unpaired) electrons. The Kier molecular flexibility index (Phi) is 6.67. The third kappa shape index (κ3) is 5.14. The van der Waals surface area contributed by atoms with E-state index in [1.807, 2.05) is 38.2 Å². The lowest BCUT2D eigenvalue weighted by atomic mass is 10.1. The fraction of sp³-hybridized carbons (Fsp3) is 0.346. The summed E-state index contributed by atoms with van der Waals surface area (Å²) in [6.45, 7) is 5.29. The van der Waals surface area contributed by atoms with Gasteiger partial charge < -0.3 is 29.7 Å². The first-order chi connectivity index (χ1) is 17.1. The number of piperidine rings is 1. The summed E-state index contributed by atoms with van der Waals surface area (Å²) >= 11 is 0. The van der Waals surface area contributed by atoms with Crippen molar-refractivity contribution < 1.29 is 13.6 Å². The first-order valence-corrected chi connectivity index (χ1v) is 12.0. The Bertz CT molecular complexity index is 1320. The number of benzene rings is 1. The molecule has 4 aromatic rings. The van der Waals surface area contributed by atoms with E-state index in [0.29, 0.717) is 29.6 Å². The summed E-state index contributed by atoms with van der Waals surface area (Å²) in [7, 11) is 1.90. The molecule has 0 saturated carbocycles. The molecule has 182 valence electrons. The number of nitrogens with zero attached hydrogens (tertiary/aromatic N) is 3. The number of fused-ring (bicyclic) bond motifs is 1. The number of likely N-dealkylation sites (N-methyl/N-ethyl adjacent to an activating group) is 1. The number of aryl methyl sites for hydroxylation is 1. The molecule has 0 atom stereocenters. The SMILES string of the molecule is CNCCNc1nc2cc(N3CCCCC3)c(NC(=O)c3ccc(-c4ccnc(C)c4)o3)cc2o1. The number of pyridine rings is 1. The molecule has 9 heteroatoms. The van der Waals surface area contributed by atoms with E-state index in [2.05, 4.69) is 30.8 Å². The van der Waals surface area contributed by atoms with Gasteiger partial charge in [0.2, 0.25) is 0 Å². The largest absolute Gasteiger partial charge is 0.451 e. The van der Waals surface area contributed by atoms with Crippen LogP contribution in [-0.2, 0) is 0 Å². The van der Waals surface area contributed by atoms with Crippen LogP contribution in [0.3, 0.4) is 0 Å². The maximum atomic E-state index is 13.2. The van der Waals surface area contributed by atoms with Gasteiger partial charge in [-0.3, -0.25) is 9.78 Å². The highest BCUT2D eigenvalue weighted by Gasteiger charge is 2.21. The zero-order valence-corrected chi connectivity index (χ0v) is 20.1. The zero-order chi connectivity index (χ0) is 24.2. The third-order valence-electron chi connectivity index (χ3n) is 6.11. The van der Waals surface area contributed by atoms with Gasteiger partial charge in [0.15, 0.2) is 11.3 Å². The van der Waals surface area contributed by atoms with E-state index < -0.39 is 0 Å². The van der Waals surface area contributed by atoms with Crippen molar-refractivity contribution in [2.24, 2.45) is 0 Å². The van der Waals surface area contributed by atoms with Crippen molar-refractivity contribution in [1.29, 1.82) is 0 Å². The molecule has 0 unspecified atom stereocenters. The van der Waals surface area contributed by atoms with E-state index in [9.17, 15) is 4.79 Å². The lowest BCUT2D eigenvalue weighted by Gasteiger charge is -2.30. The molecule has 0 spiro atoms. The van der Waals surface area contributed by atoms with Crippen LogP contribution >= 0.6 is 0 Å². The van der Waals surface area contributed by atoms with Crippen LogP contribution in [0.25, 0.3) is 22.4 Å². The molecule has 0 bridgehead atoms. The Morgan fingerprint density at radius 2 is 1.91 bits per heavy atom. The first kappa shape index (κ1) is 22.9. The predicted octanol–water partition coefficient (Wildman–Crippen LogP) is 4.67. The maximum Gasteiger partial charge on any atom is 0.295 e. The number of oxazole rings is 1. The molecule has 4 heterocycles. The van der Waals surface area contributed by atoms with Gasteiger partial charge in [-0.1, -0.05) is 0 Å². The lowest BCUT2D eigenvalue weighted by molar-refractivity contribution is 0.0997. The maximum absolute atomic E-state index is 13.2. The van der Waals surface area contributed by atoms with Gasteiger partial charge in [0, 0.05) is 49.7 Å². The van der Waals surface area contributed by atoms with Gasteiger partial charge in [0.05, 0.1) is 11.4 Å². The van der Waals surface area contributed by atoms with E-state index in [-0.39, 0.29) is 11.7 Å². The van der Waals surface area contributed by atoms with Crippen LogP contribution in [0.2, 0.25) is 0 Å². The second-order valence-corrected chi connectivity index (χ2v) is 8.74. The average molecular weight is 475 g/mol. The number of carbonyl (C=O) groups is 1. The highest BCUT2D eigenvalue weighted by molar-refractivity contribution is 6.06. The summed E-state index contributed by atoms with van der Waals surface area (Å²) in [6, 6.07) is 11.6. The molecule has 35 heavy (non-hydrogen) atoms. The van der Waals surface area contributed by atoms with Crippen LogP contribution in [-0.4, -0.2) is 49.1 Å². The Labute approximate surface area is 203 Å². The van der Waals surface area contributed by atoms with Crippen LogP contribution in [0.1, 0.15) is 35.5 Å². The van der Waals surface area contributed by atoms with Crippen molar-refractivity contribution >= 4 is 34.4 Å². The van der Waals surface area contributed by atoms with Crippen molar-refractivity contribution in [2.45, 2.75) is 26.2 Å². The van der Waals surface area contributed by atoms with Gasteiger partial charge in [0.1, 0.15) is 11.3 Å². The van der Waals surface area contributed by atoms with Crippen LogP contribution in [0, 0.1) is 6.92 Å². The van der Waals surface area contributed by atoms with Crippen molar-refractivity contribution in [3.8, 4) is 11.3 Å². The Balaban J connectivity index is 1.43. The number of aromatic nitrogens is 2. The minimum atomic E-state index is -0.313. The van der Waals surface area contributed by atoms with Gasteiger partial charge in [-0.15, -0.1) is 0 Å². The fourth-order valence-electron chi connectivity index (χ4n) is 4.33. The second-order valence-electron chi connectivity index (χ2n) is 8.74. The number of furan rings is 1. The van der Waals surface area contributed by atoms with Crippen molar-refractivity contribution in [2.75, 3.05) is 48.8 Å². The third-order valence-corrected chi connectivity index (χ3v) is 6.11. The molecular weight excluding hydrogens is 444 g/mol. The summed E-state index contributed by atoms with van der Waals surface area (Å²) in [5.41, 5.74) is 4.75. The molecular formula is C26H30N6O3. The quantitative estimate of drug-likeness (QED) is 0.316. The Morgan fingerprint density at radius 1 is 1.06 bits per heavy atom. The number of hydrogen-bond acceptors (Lipinski definition) is 8. The summed E-state index contributed by atoms with van der Waals surface area (Å²) in [5.74, 6) is 0.553. The highest BCUT2D eigenvalue weighted by Crippen LogP contribution is 2.35. The molecule has 1 aromatic carbocycles. The number of nitrogens with one attached hydrogen (secondary N) is 3. The standard InChI is InChI=1S/C26H30N6O3/c1-17-14-18(8-9-28-17)22-6-7-23(34-22)25(33)30-19-16-24-20(31-26(35-24)29-11-10-27-2)15-21(19)32-12-4-3-5-13-32/h6-9,14-16,27H,3-5,10-13H2,1-2H3,(H,29,31)(H,30,33).